The zero-order chi connectivity index (χ0) is 12.5. The lowest BCUT2D eigenvalue weighted by Crippen LogP contribution is -2.34. The maximum absolute atomic E-state index is 12.3. The Hall–Kier alpha value is -1.15. The van der Waals surface area contributed by atoms with E-state index in [1.807, 2.05) is 37.3 Å². The van der Waals surface area contributed by atoms with Gasteiger partial charge in [-0.1, -0.05) is 44.2 Å². The summed E-state index contributed by atoms with van der Waals surface area (Å²) in [5.74, 6) is 0.119. The zero-order valence-corrected chi connectivity index (χ0v) is 10.8. The van der Waals surface area contributed by atoms with Gasteiger partial charge in [-0.15, -0.1) is 0 Å². The molecule has 2 nitrogen and oxygen atoms in total. The molecule has 2 rings (SSSR count). The molecule has 0 N–H and O–H groups in total. The third-order valence-corrected chi connectivity index (χ3v) is 3.95. The average molecular weight is 232 g/mol. The van der Waals surface area contributed by atoms with Crippen molar-refractivity contribution in [3.63, 3.8) is 0 Å². The third kappa shape index (κ3) is 1.91. The van der Waals surface area contributed by atoms with Gasteiger partial charge in [0.1, 0.15) is 6.10 Å². The minimum Gasteiger partial charge on any atom is -0.363 e. The fourth-order valence-corrected chi connectivity index (χ4v) is 2.91. The molecule has 1 aromatic carbocycles. The Bertz CT molecular complexity index is 393. The van der Waals surface area contributed by atoms with Crippen LogP contribution in [0.1, 0.15) is 45.1 Å². The molecule has 92 valence electrons. The summed E-state index contributed by atoms with van der Waals surface area (Å²) in [5, 5.41) is 0. The molecule has 0 amide bonds. The molecule has 2 heteroatoms. The minimum atomic E-state index is -0.308. The predicted molar refractivity (Wildman–Crippen MR) is 68.1 cm³/mol. The largest absolute Gasteiger partial charge is 0.363 e. The summed E-state index contributed by atoms with van der Waals surface area (Å²) in [6.45, 7) is 6.07. The van der Waals surface area contributed by atoms with Crippen LogP contribution in [0.3, 0.4) is 0 Å². The molecule has 2 unspecified atom stereocenters. The first kappa shape index (κ1) is 12.3. The van der Waals surface area contributed by atoms with Crippen LogP contribution in [0.4, 0.5) is 0 Å². The van der Waals surface area contributed by atoms with Gasteiger partial charge in [0.05, 0.1) is 11.5 Å². The number of hydrogen-bond donors (Lipinski definition) is 0. The van der Waals surface area contributed by atoms with E-state index in [2.05, 4.69) is 13.8 Å². The van der Waals surface area contributed by atoms with E-state index in [9.17, 15) is 4.79 Å². The van der Waals surface area contributed by atoms with Crippen LogP contribution in [0.5, 0.6) is 0 Å². The van der Waals surface area contributed by atoms with Crippen LogP contribution in [0.2, 0.25) is 0 Å². The summed E-state index contributed by atoms with van der Waals surface area (Å²) in [6.07, 6.45) is 1.47. The standard InChI is InChI=1S/C15H20O2/c1-4-15(5-2)13(14(16)11(3)17-15)12-9-7-6-8-10-12/h6-11,13H,4-5H2,1-3H3. The SMILES string of the molecule is CCC1(CC)OC(C)C(=O)C1c1ccccc1. The predicted octanol–water partition coefficient (Wildman–Crippen LogP) is 3.32. The van der Waals surface area contributed by atoms with Gasteiger partial charge in [0.2, 0.25) is 0 Å². The van der Waals surface area contributed by atoms with Gasteiger partial charge in [-0.2, -0.15) is 0 Å². The zero-order valence-electron chi connectivity index (χ0n) is 10.8. The van der Waals surface area contributed by atoms with E-state index in [-0.39, 0.29) is 23.4 Å². The molecule has 0 aliphatic carbocycles. The van der Waals surface area contributed by atoms with Gasteiger partial charge >= 0.3 is 0 Å². The van der Waals surface area contributed by atoms with Crippen molar-refractivity contribution in [2.75, 3.05) is 0 Å². The van der Waals surface area contributed by atoms with E-state index in [1.54, 1.807) is 0 Å². The van der Waals surface area contributed by atoms with Crippen molar-refractivity contribution < 1.29 is 9.53 Å². The highest BCUT2D eigenvalue weighted by Crippen LogP contribution is 2.44. The topological polar surface area (TPSA) is 26.3 Å². The molecular formula is C15H20O2. The molecule has 17 heavy (non-hydrogen) atoms. The van der Waals surface area contributed by atoms with Crippen molar-refractivity contribution in [1.82, 2.24) is 0 Å². The average Bonchev–Trinajstić information content (AvgIpc) is 2.63. The molecule has 2 atom stereocenters. The van der Waals surface area contributed by atoms with Crippen LogP contribution in [0, 0.1) is 0 Å². The lowest BCUT2D eigenvalue weighted by Gasteiger charge is -2.31. The van der Waals surface area contributed by atoms with Crippen molar-refractivity contribution in [3.05, 3.63) is 35.9 Å². The molecular weight excluding hydrogens is 212 g/mol. The fraction of sp³-hybridized carbons (Fsp3) is 0.533. The van der Waals surface area contributed by atoms with Crippen LogP contribution in [-0.2, 0) is 9.53 Å². The molecule has 0 spiro atoms. The quantitative estimate of drug-likeness (QED) is 0.799. The highest BCUT2D eigenvalue weighted by molar-refractivity contribution is 5.92. The van der Waals surface area contributed by atoms with Crippen molar-refractivity contribution in [2.24, 2.45) is 0 Å². The molecule has 1 fully saturated rings. The Morgan fingerprint density at radius 2 is 1.76 bits per heavy atom. The number of carbonyl (C=O) groups is 1. The maximum Gasteiger partial charge on any atom is 0.171 e. The van der Waals surface area contributed by atoms with Gasteiger partial charge in [-0.3, -0.25) is 4.79 Å². The molecule has 0 aromatic heterocycles. The van der Waals surface area contributed by atoms with Crippen LogP contribution in [0.25, 0.3) is 0 Å². The smallest absolute Gasteiger partial charge is 0.171 e. The summed E-state index contributed by atoms with van der Waals surface area (Å²) >= 11 is 0. The molecule has 1 aliphatic heterocycles. The van der Waals surface area contributed by atoms with Gasteiger partial charge < -0.3 is 4.74 Å². The first-order valence-corrected chi connectivity index (χ1v) is 6.41. The number of ketones is 1. The Balaban J connectivity index is 2.44. The summed E-state index contributed by atoms with van der Waals surface area (Å²) in [6, 6.07) is 10.0. The molecule has 0 radical (unpaired) electrons. The van der Waals surface area contributed by atoms with Crippen LogP contribution < -0.4 is 0 Å². The van der Waals surface area contributed by atoms with Gasteiger partial charge in [0.25, 0.3) is 0 Å². The number of benzene rings is 1. The monoisotopic (exact) mass is 232 g/mol. The van der Waals surface area contributed by atoms with Gasteiger partial charge in [0.15, 0.2) is 5.78 Å². The highest BCUT2D eigenvalue weighted by Gasteiger charge is 2.51. The summed E-state index contributed by atoms with van der Waals surface area (Å²) in [4.78, 5) is 12.3. The summed E-state index contributed by atoms with van der Waals surface area (Å²) < 4.78 is 5.98. The van der Waals surface area contributed by atoms with E-state index in [4.69, 9.17) is 4.74 Å². The molecule has 0 bridgehead atoms. The number of rotatable bonds is 3. The van der Waals surface area contributed by atoms with Crippen LogP contribution in [0.15, 0.2) is 30.3 Å². The Morgan fingerprint density at radius 3 is 2.29 bits per heavy atom. The Labute approximate surface area is 103 Å². The second-order valence-corrected chi connectivity index (χ2v) is 4.78. The van der Waals surface area contributed by atoms with Crippen LogP contribution >= 0.6 is 0 Å². The summed E-state index contributed by atoms with van der Waals surface area (Å²) in [5.41, 5.74) is 0.781. The number of ether oxygens (including phenoxy) is 1. The van der Waals surface area contributed by atoms with Gasteiger partial charge in [0, 0.05) is 0 Å². The third-order valence-electron chi connectivity index (χ3n) is 3.95. The number of Topliss-reactive ketones (excluding diaryl/α,β-unsaturated/α-hetero) is 1. The van der Waals surface area contributed by atoms with Crippen molar-refractivity contribution in [1.29, 1.82) is 0 Å². The Morgan fingerprint density at radius 1 is 1.18 bits per heavy atom. The molecule has 1 aliphatic rings. The van der Waals surface area contributed by atoms with E-state index >= 15 is 0 Å². The first-order chi connectivity index (χ1) is 8.14. The molecule has 1 heterocycles. The fourth-order valence-electron chi connectivity index (χ4n) is 2.91. The second-order valence-electron chi connectivity index (χ2n) is 4.78. The van der Waals surface area contributed by atoms with Gasteiger partial charge in [-0.25, -0.2) is 0 Å². The van der Waals surface area contributed by atoms with E-state index in [1.165, 1.54) is 0 Å². The van der Waals surface area contributed by atoms with Gasteiger partial charge in [-0.05, 0) is 25.3 Å². The number of carbonyl (C=O) groups excluding carboxylic acids is 1. The first-order valence-electron chi connectivity index (χ1n) is 6.41. The second kappa shape index (κ2) is 4.61. The minimum absolute atomic E-state index is 0.103. The maximum atomic E-state index is 12.3. The van der Waals surface area contributed by atoms with Crippen molar-refractivity contribution >= 4 is 5.78 Å². The van der Waals surface area contributed by atoms with E-state index < -0.39 is 0 Å². The van der Waals surface area contributed by atoms with Crippen molar-refractivity contribution in [3.8, 4) is 0 Å². The van der Waals surface area contributed by atoms with Crippen LogP contribution in [-0.4, -0.2) is 17.5 Å². The molecule has 1 saturated heterocycles. The van der Waals surface area contributed by atoms with E-state index in [0.717, 1.165) is 18.4 Å². The number of hydrogen-bond acceptors (Lipinski definition) is 2. The van der Waals surface area contributed by atoms with E-state index in [0.29, 0.717) is 0 Å². The highest BCUT2D eigenvalue weighted by atomic mass is 16.5. The Kier molecular flexibility index (Phi) is 3.34. The molecule has 1 aromatic rings. The lowest BCUT2D eigenvalue weighted by atomic mass is 9.77. The normalized spacial score (nSPS) is 27.4. The van der Waals surface area contributed by atoms with Crippen molar-refractivity contribution in [2.45, 2.75) is 51.2 Å². The molecule has 0 saturated carbocycles. The summed E-state index contributed by atoms with van der Waals surface area (Å²) in [7, 11) is 0. The lowest BCUT2D eigenvalue weighted by molar-refractivity contribution is -0.123.